The maximum Gasteiger partial charge on any atom is 0.311 e. The Kier molecular flexibility index (Phi) is 4.81. The molecule has 1 aromatic rings. The minimum atomic E-state index is -0.686. The number of hydrogen-bond acceptors (Lipinski definition) is 1. The largest absolute Gasteiger partial charge is 0.481 e. The maximum absolute atomic E-state index is 11.6. The van der Waals surface area contributed by atoms with Gasteiger partial charge in [0.25, 0.3) is 0 Å². The number of carboxylic acids is 1. The van der Waals surface area contributed by atoms with Crippen molar-refractivity contribution in [3.8, 4) is 0 Å². The quantitative estimate of drug-likeness (QED) is 0.829. The Morgan fingerprint density at radius 2 is 1.78 bits per heavy atom. The van der Waals surface area contributed by atoms with E-state index in [9.17, 15) is 9.90 Å². The summed E-state index contributed by atoms with van der Waals surface area (Å²) in [5.74, 6) is -0.767. The number of rotatable bonds is 3. The number of aliphatic carboxylic acids is 1. The zero-order valence-electron chi connectivity index (χ0n) is 10.4. The predicted octanol–water partition coefficient (Wildman–Crippen LogP) is 4.59. The van der Waals surface area contributed by atoms with E-state index >= 15 is 0 Å². The molecule has 2 rings (SSSR count). The highest BCUT2D eigenvalue weighted by Gasteiger charge is 2.31. The Labute approximate surface area is 117 Å². The van der Waals surface area contributed by atoms with Gasteiger partial charge in [-0.25, -0.2) is 0 Å². The normalized spacial score (nSPS) is 19.2. The van der Waals surface area contributed by atoms with Crippen molar-refractivity contribution in [2.45, 2.75) is 44.4 Å². The predicted molar refractivity (Wildman–Crippen MR) is 75.7 cm³/mol. The highest BCUT2D eigenvalue weighted by atomic mass is 79.9. The lowest BCUT2D eigenvalue weighted by molar-refractivity contribution is -0.140. The fraction of sp³-hybridized carbons (Fsp3) is 0.533. The molecule has 3 heteroatoms. The zero-order valence-corrected chi connectivity index (χ0v) is 12.0. The Morgan fingerprint density at radius 3 is 2.33 bits per heavy atom. The molecule has 0 spiro atoms. The summed E-state index contributed by atoms with van der Waals surface area (Å²) in [5.41, 5.74) is 0.928. The average molecular weight is 311 g/mol. The van der Waals surface area contributed by atoms with Crippen LogP contribution in [0.1, 0.15) is 50.0 Å². The highest BCUT2D eigenvalue weighted by Crippen LogP contribution is 2.38. The number of carbonyl (C=O) groups is 1. The van der Waals surface area contributed by atoms with E-state index < -0.39 is 5.97 Å². The van der Waals surface area contributed by atoms with Crippen LogP contribution in [0.25, 0.3) is 0 Å². The van der Waals surface area contributed by atoms with Crippen molar-refractivity contribution in [3.05, 3.63) is 34.3 Å². The van der Waals surface area contributed by atoms with Gasteiger partial charge in [-0.2, -0.15) is 0 Å². The topological polar surface area (TPSA) is 37.3 Å². The first-order valence-corrected chi connectivity index (χ1v) is 7.46. The van der Waals surface area contributed by atoms with Gasteiger partial charge in [-0.05, 0) is 30.4 Å². The van der Waals surface area contributed by atoms with Crippen molar-refractivity contribution < 1.29 is 9.90 Å². The average Bonchev–Trinajstić information content (AvgIpc) is 2.60. The molecule has 18 heavy (non-hydrogen) atoms. The maximum atomic E-state index is 11.6. The first kappa shape index (κ1) is 13.6. The zero-order chi connectivity index (χ0) is 13.0. The van der Waals surface area contributed by atoms with Crippen LogP contribution in [0.4, 0.5) is 0 Å². The molecule has 0 radical (unpaired) electrons. The van der Waals surface area contributed by atoms with Crippen molar-refractivity contribution in [3.63, 3.8) is 0 Å². The van der Waals surface area contributed by atoms with Crippen LogP contribution in [0.3, 0.4) is 0 Å². The number of carboxylic acid groups (broad SMARTS) is 1. The molecule has 0 aromatic heterocycles. The Morgan fingerprint density at radius 1 is 1.17 bits per heavy atom. The lowest BCUT2D eigenvalue weighted by Crippen LogP contribution is -2.21. The second-order valence-corrected chi connectivity index (χ2v) is 5.94. The molecule has 1 saturated carbocycles. The van der Waals surface area contributed by atoms with E-state index in [1.165, 1.54) is 25.7 Å². The lowest BCUT2D eigenvalue weighted by atomic mass is 9.81. The van der Waals surface area contributed by atoms with E-state index in [0.717, 1.165) is 22.9 Å². The van der Waals surface area contributed by atoms with E-state index in [2.05, 4.69) is 15.9 Å². The molecule has 1 unspecified atom stereocenters. The van der Waals surface area contributed by atoms with E-state index in [4.69, 9.17) is 0 Å². The van der Waals surface area contributed by atoms with Crippen LogP contribution in [0.5, 0.6) is 0 Å². The Bertz CT molecular complexity index is 409. The van der Waals surface area contributed by atoms with Crippen LogP contribution in [-0.2, 0) is 4.79 Å². The summed E-state index contributed by atoms with van der Waals surface area (Å²) in [5, 5.41) is 9.57. The van der Waals surface area contributed by atoms with Crippen molar-refractivity contribution in [2.75, 3.05) is 0 Å². The fourth-order valence-electron chi connectivity index (χ4n) is 2.96. The minimum absolute atomic E-state index is 0.281. The van der Waals surface area contributed by atoms with Gasteiger partial charge in [0.2, 0.25) is 0 Å². The molecule has 0 bridgehead atoms. The molecule has 1 aliphatic rings. The van der Waals surface area contributed by atoms with Crippen molar-refractivity contribution in [1.29, 1.82) is 0 Å². The van der Waals surface area contributed by atoms with E-state index in [1.54, 1.807) is 0 Å². The number of halogens is 1. The van der Waals surface area contributed by atoms with Crippen LogP contribution in [0.2, 0.25) is 0 Å². The number of benzene rings is 1. The third kappa shape index (κ3) is 3.14. The van der Waals surface area contributed by atoms with E-state index in [1.807, 2.05) is 24.3 Å². The summed E-state index contributed by atoms with van der Waals surface area (Å²) in [6.45, 7) is 0. The third-order valence-electron chi connectivity index (χ3n) is 3.88. The molecule has 0 aliphatic heterocycles. The first-order valence-electron chi connectivity index (χ1n) is 6.67. The second kappa shape index (κ2) is 6.37. The fourth-order valence-corrected chi connectivity index (χ4v) is 3.49. The van der Waals surface area contributed by atoms with Gasteiger partial charge in [-0.15, -0.1) is 0 Å². The molecule has 1 atom stereocenters. The molecule has 1 aliphatic carbocycles. The summed E-state index contributed by atoms with van der Waals surface area (Å²) in [4.78, 5) is 11.6. The van der Waals surface area contributed by atoms with Gasteiger partial charge in [0.05, 0.1) is 5.92 Å². The van der Waals surface area contributed by atoms with E-state index in [0.29, 0.717) is 0 Å². The molecule has 98 valence electrons. The van der Waals surface area contributed by atoms with Gasteiger partial charge in [0.15, 0.2) is 0 Å². The molecule has 0 saturated heterocycles. The van der Waals surface area contributed by atoms with Gasteiger partial charge in [-0.3, -0.25) is 4.79 Å². The van der Waals surface area contributed by atoms with Crippen LogP contribution >= 0.6 is 15.9 Å². The number of hydrogen-bond donors (Lipinski definition) is 1. The summed E-state index contributed by atoms with van der Waals surface area (Å²) < 4.78 is 0.918. The van der Waals surface area contributed by atoms with Crippen molar-refractivity contribution >= 4 is 21.9 Å². The Hall–Kier alpha value is -0.830. The standard InChI is InChI=1S/C15H19BrO2/c16-13-10-6-5-9-12(13)14(15(17)18)11-7-3-1-2-4-8-11/h5-6,9-11,14H,1-4,7-8H2,(H,17,18). The first-order chi connectivity index (χ1) is 8.70. The molecule has 0 heterocycles. The molecule has 0 amide bonds. The second-order valence-electron chi connectivity index (χ2n) is 5.09. The Balaban J connectivity index is 2.27. The molecule has 1 N–H and O–H groups in total. The molecule has 2 nitrogen and oxygen atoms in total. The summed E-state index contributed by atoms with van der Waals surface area (Å²) in [7, 11) is 0. The van der Waals surface area contributed by atoms with Gasteiger partial charge in [0, 0.05) is 4.47 Å². The summed E-state index contributed by atoms with van der Waals surface area (Å²) in [6, 6.07) is 7.72. The molecular weight excluding hydrogens is 292 g/mol. The summed E-state index contributed by atoms with van der Waals surface area (Å²) >= 11 is 3.49. The van der Waals surface area contributed by atoms with E-state index in [-0.39, 0.29) is 11.8 Å². The van der Waals surface area contributed by atoms with Crippen LogP contribution in [0, 0.1) is 5.92 Å². The van der Waals surface area contributed by atoms with Crippen molar-refractivity contribution in [2.24, 2.45) is 5.92 Å². The van der Waals surface area contributed by atoms with Gasteiger partial charge in [-0.1, -0.05) is 59.8 Å². The van der Waals surface area contributed by atoms with Crippen LogP contribution in [0.15, 0.2) is 28.7 Å². The van der Waals surface area contributed by atoms with Crippen LogP contribution < -0.4 is 0 Å². The molecular formula is C15H19BrO2. The lowest BCUT2D eigenvalue weighted by Gasteiger charge is -2.23. The SMILES string of the molecule is O=C(O)C(c1ccccc1Br)C1CCCCCC1. The van der Waals surface area contributed by atoms with Gasteiger partial charge < -0.3 is 5.11 Å². The highest BCUT2D eigenvalue weighted by molar-refractivity contribution is 9.10. The van der Waals surface area contributed by atoms with Crippen molar-refractivity contribution in [1.82, 2.24) is 0 Å². The van der Waals surface area contributed by atoms with Gasteiger partial charge >= 0.3 is 5.97 Å². The van der Waals surface area contributed by atoms with Gasteiger partial charge in [0.1, 0.15) is 0 Å². The summed E-state index contributed by atoms with van der Waals surface area (Å²) in [6.07, 6.45) is 6.91. The third-order valence-corrected chi connectivity index (χ3v) is 4.60. The molecule has 1 aromatic carbocycles. The molecule has 1 fully saturated rings. The minimum Gasteiger partial charge on any atom is -0.481 e. The monoisotopic (exact) mass is 310 g/mol. The smallest absolute Gasteiger partial charge is 0.311 e. The van der Waals surface area contributed by atoms with Crippen LogP contribution in [-0.4, -0.2) is 11.1 Å².